The van der Waals surface area contributed by atoms with Crippen LogP contribution >= 0.6 is 23.2 Å². The minimum Gasteiger partial charge on any atom is -0.385 e. The molecule has 1 aromatic rings. The van der Waals surface area contributed by atoms with E-state index in [9.17, 15) is 0 Å². The number of halogens is 2. The second-order valence-corrected chi connectivity index (χ2v) is 4.55. The second-order valence-electron chi connectivity index (χ2n) is 3.76. The van der Waals surface area contributed by atoms with Crippen LogP contribution in [0.15, 0.2) is 18.2 Å². The Morgan fingerprint density at radius 2 is 2.07 bits per heavy atom. The molecule has 84 valence electrons. The van der Waals surface area contributed by atoms with Gasteiger partial charge in [-0.25, -0.2) is 0 Å². The molecular formula is C11H15Cl2NO. The van der Waals surface area contributed by atoms with Gasteiger partial charge >= 0.3 is 0 Å². The fraction of sp³-hybridized carbons (Fsp3) is 0.455. The van der Waals surface area contributed by atoms with E-state index < -0.39 is 5.54 Å². The van der Waals surface area contributed by atoms with Gasteiger partial charge in [-0.15, -0.1) is 0 Å². The average molecular weight is 248 g/mol. The van der Waals surface area contributed by atoms with Crippen molar-refractivity contribution < 1.29 is 4.74 Å². The topological polar surface area (TPSA) is 35.2 Å². The lowest BCUT2D eigenvalue weighted by Gasteiger charge is -2.26. The lowest BCUT2D eigenvalue weighted by Crippen LogP contribution is -2.34. The summed E-state index contributed by atoms with van der Waals surface area (Å²) in [6.07, 6.45) is 0.698. The molecule has 0 saturated heterocycles. The number of methoxy groups -OCH3 is 1. The third-order valence-electron chi connectivity index (χ3n) is 2.39. The van der Waals surface area contributed by atoms with Crippen LogP contribution in [0.5, 0.6) is 0 Å². The Bertz CT molecular complexity index is 339. The van der Waals surface area contributed by atoms with Crippen LogP contribution in [0.1, 0.15) is 18.9 Å². The van der Waals surface area contributed by atoms with E-state index in [4.69, 9.17) is 33.7 Å². The van der Waals surface area contributed by atoms with Crippen molar-refractivity contribution >= 4 is 23.2 Å². The van der Waals surface area contributed by atoms with Crippen LogP contribution in [-0.2, 0) is 10.3 Å². The van der Waals surface area contributed by atoms with Gasteiger partial charge in [0.2, 0.25) is 0 Å². The fourth-order valence-electron chi connectivity index (χ4n) is 1.39. The lowest BCUT2D eigenvalue weighted by molar-refractivity contribution is 0.172. The molecule has 0 aliphatic rings. The zero-order chi connectivity index (χ0) is 11.5. The summed E-state index contributed by atoms with van der Waals surface area (Å²) in [4.78, 5) is 0. The van der Waals surface area contributed by atoms with Gasteiger partial charge in [-0.3, -0.25) is 0 Å². The predicted octanol–water partition coefficient (Wildman–Crippen LogP) is 3.20. The summed E-state index contributed by atoms with van der Waals surface area (Å²) in [5.74, 6) is 0. The minimum atomic E-state index is -0.516. The van der Waals surface area contributed by atoms with Crippen LogP contribution in [0.2, 0.25) is 10.0 Å². The van der Waals surface area contributed by atoms with Crippen LogP contribution in [-0.4, -0.2) is 13.7 Å². The Morgan fingerprint density at radius 3 is 2.67 bits per heavy atom. The van der Waals surface area contributed by atoms with Gasteiger partial charge in [0, 0.05) is 19.3 Å². The highest BCUT2D eigenvalue weighted by Gasteiger charge is 2.24. The normalized spacial score (nSPS) is 15.0. The highest BCUT2D eigenvalue weighted by Crippen LogP contribution is 2.33. The molecule has 15 heavy (non-hydrogen) atoms. The van der Waals surface area contributed by atoms with Gasteiger partial charge in [-0.05, 0) is 25.0 Å². The van der Waals surface area contributed by atoms with E-state index in [0.29, 0.717) is 23.1 Å². The van der Waals surface area contributed by atoms with E-state index in [1.807, 2.05) is 19.1 Å². The molecule has 0 heterocycles. The van der Waals surface area contributed by atoms with Crippen molar-refractivity contribution in [2.45, 2.75) is 18.9 Å². The van der Waals surface area contributed by atoms with Crippen LogP contribution in [0, 0.1) is 0 Å². The summed E-state index contributed by atoms with van der Waals surface area (Å²) in [5.41, 5.74) is 6.51. The van der Waals surface area contributed by atoms with Gasteiger partial charge in [0.25, 0.3) is 0 Å². The summed E-state index contributed by atoms with van der Waals surface area (Å²) < 4.78 is 5.01. The smallest absolute Gasteiger partial charge is 0.0642 e. The van der Waals surface area contributed by atoms with Gasteiger partial charge in [-0.1, -0.05) is 35.3 Å². The van der Waals surface area contributed by atoms with Crippen molar-refractivity contribution in [3.8, 4) is 0 Å². The maximum absolute atomic E-state index is 6.17. The number of rotatable bonds is 4. The molecule has 0 aromatic heterocycles. The second kappa shape index (κ2) is 5.17. The SMILES string of the molecule is COCCC(C)(N)c1cccc(Cl)c1Cl. The van der Waals surface area contributed by atoms with Gasteiger partial charge in [0.05, 0.1) is 10.0 Å². The Hall–Kier alpha value is -0.280. The highest BCUT2D eigenvalue weighted by molar-refractivity contribution is 6.42. The first-order valence-corrected chi connectivity index (χ1v) is 5.47. The third-order valence-corrected chi connectivity index (χ3v) is 3.21. The predicted molar refractivity (Wildman–Crippen MR) is 64.5 cm³/mol. The van der Waals surface area contributed by atoms with E-state index in [0.717, 1.165) is 5.56 Å². The van der Waals surface area contributed by atoms with E-state index in [2.05, 4.69) is 0 Å². The first kappa shape index (κ1) is 12.8. The summed E-state index contributed by atoms with van der Waals surface area (Å²) in [6.45, 7) is 2.51. The zero-order valence-corrected chi connectivity index (χ0v) is 10.4. The largest absolute Gasteiger partial charge is 0.385 e. The Balaban J connectivity index is 2.98. The molecule has 2 N–H and O–H groups in total. The molecule has 1 rings (SSSR count). The number of hydrogen-bond donors (Lipinski definition) is 1. The summed E-state index contributed by atoms with van der Waals surface area (Å²) in [5, 5.41) is 1.06. The molecule has 0 bridgehead atoms. The number of nitrogens with two attached hydrogens (primary N) is 1. The van der Waals surface area contributed by atoms with Crippen molar-refractivity contribution in [1.29, 1.82) is 0 Å². The minimum absolute atomic E-state index is 0.516. The van der Waals surface area contributed by atoms with Crippen LogP contribution in [0.4, 0.5) is 0 Å². The Morgan fingerprint density at radius 1 is 1.40 bits per heavy atom. The lowest BCUT2D eigenvalue weighted by atomic mass is 9.90. The highest BCUT2D eigenvalue weighted by atomic mass is 35.5. The molecule has 1 unspecified atom stereocenters. The molecule has 0 aliphatic heterocycles. The van der Waals surface area contributed by atoms with Gasteiger partial charge in [-0.2, -0.15) is 0 Å². The van der Waals surface area contributed by atoms with Gasteiger partial charge in [0.15, 0.2) is 0 Å². The van der Waals surface area contributed by atoms with Crippen LogP contribution in [0.25, 0.3) is 0 Å². The van der Waals surface area contributed by atoms with Crippen molar-refractivity contribution in [2.75, 3.05) is 13.7 Å². The summed E-state index contributed by atoms with van der Waals surface area (Å²) >= 11 is 12.0. The number of hydrogen-bond acceptors (Lipinski definition) is 2. The standard InChI is InChI=1S/C11H15Cl2NO/c1-11(14,6-7-15-2)8-4-3-5-9(12)10(8)13/h3-5H,6-7,14H2,1-2H3. The molecule has 0 radical (unpaired) electrons. The Labute approximate surface area is 100 Å². The van der Waals surface area contributed by atoms with Crippen molar-refractivity contribution in [3.63, 3.8) is 0 Å². The van der Waals surface area contributed by atoms with E-state index >= 15 is 0 Å². The molecule has 1 aromatic carbocycles. The molecule has 0 spiro atoms. The third kappa shape index (κ3) is 3.08. The maximum Gasteiger partial charge on any atom is 0.0642 e. The number of ether oxygens (including phenoxy) is 1. The molecule has 0 aliphatic carbocycles. The monoisotopic (exact) mass is 247 g/mol. The van der Waals surface area contributed by atoms with Crippen molar-refractivity contribution in [3.05, 3.63) is 33.8 Å². The van der Waals surface area contributed by atoms with Crippen molar-refractivity contribution in [1.82, 2.24) is 0 Å². The molecule has 0 amide bonds. The van der Waals surface area contributed by atoms with Crippen molar-refractivity contribution in [2.24, 2.45) is 5.73 Å². The Kier molecular flexibility index (Phi) is 4.41. The molecule has 0 saturated carbocycles. The zero-order valence-electron chi connectivity index (χ0n) is 8.89. The average Bonchev–Trinajstić information content (AvgIpc) is 2.19. The summed E-state index contributed by atoms with van der Waals surface area (Å²) in [7, 11) is 1.65. The first-order valence-electron chi connectivity index (χ1n) is 4.71. The van der Waals surface area contributed by atoms with E-state index in [-0.39, 0.29) is 0 Å². The van der Waals surface area contributed by atoms with Crippen LogP contribution < -0.4 is 5.73 Å². The molecule has 0 fully saturated rings. The number of benzene rings is 1. The molecule has 1 atom stereocenters. The van der Waals surface area contributed by atoms with E-state index in [1.165, 1.54) is 0 Å². The van der Waals surface area contributed by atoms with Gasteiger partial charge < -0.3 is 10.5 Å². The maximum atomic E-state index is 6.17. The van der Waals surface area contributed by atoms with E-state index in [1.54, 1.807) is 13.2 Å². The van der Waals surface area contributed by atoms with Crippen LogP contribution in [0.3, 0.4) is 0 Å². The molecule has 2 nitrogen and oxygen atoms in total. The molecule has 4 heteroatoms. The van der Waals surface area contributed by atoms with Gasteiger partial charge in [0.1, 0.15) is 0 Å². The summed E-state index contributed by atoms with van der Waals surface area (Å²) in [6, 6.07) is 5.49. The quantitative estimate of drug-likeness (QED) is 0.887. The fourth-order valence-corrected chi connectivity index (χ4v) is 1.91. The first-order chi connectivity index (χ1) is 6.99. The molecular weight excluding hydrogens is 233 g/mol.